The van der Waals surface area contributed by atoms with E-state index in [1.807, 2.05) is 18.2 Å². The van der Waals surface area contributed by atoms with Gasteiger partial charge in [0.2, 0.25) is 0 Å². The van der Waals surface area contributed by atoms with Gasteiger partial charge in [-0.2, -0.15) is 0 Å². The average molecular weight is 181 g/mol. The zero-order valence-corrected chi connectivity index (χ0v) is 8.01. The molecule has 1 rings (SSSR count). The van der Waals surface area contributed by atoms with Crippen LogP contribution in [0.3, 0.4) is 0 Å². The lowest BCUT2D eigenvalue weighted by molar-refractivity contribution is 1.12. The second-order valence-electron chi connectivity index (χ2n) is 2.70. The van der Waals surface area contributed by atoms with Gasteiger partial charge in [0, 0.05) is 5.88 Å². The van der Waals surface area contributed by atoms with E-state index in [2.05, 4.69) is 25.1 Å². The van der Waals surface area contributed by atoms with Crippen molar-refractivity contribution in [3.05, 3.63) is 41.5 Å². The van der Waals surface area contributed by atoms with Crippen LogP contribution in [0.15, 0.2) is 35.9 Å². The summed E-state index contributed by atoms with van der Waals surface area (Å²) in [6.07, 6.45) is 3.17. The van der Waals surface area contributed by atoms with E-state index in [-0.39, 0.29) is 0 Å². The van der Waals surface area contributed by atoms with Crippen molar-refractivity contribution in [2.75, 3.05) is 5.88 Å². The monoisotopic (exact) mass is 180 g/mol. The molecule has 1 aromatic carbocycles. The van der Waals surface area contributed by atoms with Crippen LogP contribution in [-0.4, -0.2) is 5.88 Å². The van der Waals surface area contributed by atoms with Crippen molar-refractivity contribution in [3.8, 4) is 0 Å². The van der Waals surface area contributed by atoms with Crippen LogP contribution < -0.4 is 0 Å². The molecule has 0 aliphatic rings. The third kappa shape index (κ3) is 2.71. The molecule has 0 bridgehead atoms. The van der Waals surface area contributed by atoms with Crippen LogP contribution in [0.25, 0.3) is 6.08 Å². The van der Waals surface area contributed by atoms with Gasteiger partial charge in [0.15, 0.2) is 0 Å². The van der Waals surface area contributed by atoms with Crippen molar-refractivity contribution in [1.29, 1.82) is 0 Å². The third-order valence-electron chi connectivity index (χ3n) is 1.80. The van der Waals surface area contributed by atoms with E-state index in [0.29, 0.717) is 5.88 Å². The summed E-state index contributed by atoms with van der Waals surface area (Å²) < 4.78 is 0. The van der Waals surface area contributed by atoms with Crippen molar-refractivity contribution in [1.82, 2.24) is 0 Å². The summed E-state index contributed by atoms with van der Waals surface area (Å²) in [7, 11) is 0. The molecule has 0 amide bonds. The van der Waals surface area contributed by atoms with Crippen LogP contribution >= 0.6 is 11.6 Å². The van der Waals surface area contributed by atoms with Crippen LogP contribution in [-0.2, 0) is 0 Å². The molecule has 1 heteroatoms. The molecule has 0 saturated heterocycles. The Kier molecular flexibility index (Phi) is 3.89. The highest BCUT2D eigenvalue weighted by Crippen LogP contribution is 2.10. The summed E-state index contributed by atoms with van der Waals surface area (Å²) in [4.78, 5) is 0. The Morgan fingerprint density at radius 1 is 1.33 bits per heavy atom. The maximum atomic E-state index is 5.75. The predicted molar refractivity (Wildman–Crippen MR) is 55.4 cm³/mol. The molecular weight excluding hydrogens is 168 g/mol. The van der Waals surface area contributed by atoms with Gasteiger partial charge in [-0.3, -0.25) is 0 Å². The van der Waals surface area contributed by atoms with Crippen molar-refractivity contribution >= 4 is 17.7 Å². The number of benzene rings is 1. The summed E-state index contributed by atoms with van der Waals surface area (Å²) in [6, 6.07) is 10.3. The molecule has 0 spiro atoms. The minimum absolute atomic E-state index is 0.630. The minimum Gasteiger partial charge on any atom is -0.122 e. The van der Waals surface area contributed by atoms with Crippen molar-refractivity contribution < 1.29 is 0 Å². The number of rotatable bonds is 3. The van der Waals surface area contributed by atoms with Crippen molar-refractivity contribution in [3.63, 3.8) is 0 Å². The van der Waals surface area contributed by atoms with E-state index in [9.17, 15) is 0 Å². The van der Waals surface area contributed by atoms with Crippen LogP contribution in [0.5, 0.6) is 0 Å². The van der Waals surface area contributed by atoms with Crippen LogP contribution in [0, 0.1) is 0 Å². The normalized spacial score (nSPS) is 11.7. The van der Waals surface area contributed by atoms with Gasteiger partial charge in [-0.25, -0.2) is 0 Å². The zero-order chi connectivity index (χ0) is 8.81. The molecule has 0 aliphatic heterocycles. The van der Waals surface area contributed by atoms with Crippen molar-refractivity contribution in [2.45, 2.75) is 13.3 Å². The molecule has 0 aliphatic carbocycles. The van der Waals surface area contributed by atoms with Gasteiger partial charge >= 0.3 is 0 Å². The molecule has 0 unspecified atom stereocenters. The topological polar surface area (TPSA) is 0 Å². The lowest BCUT2D eigenvalue weighted by atomic mass is 10.1. The summed E-state index contributed by atoms with van der Waals surface area (Å²) in [5.41, 5.74) is 2.51. The standard InChI is InChI=1S/C11H13Cl/c1-2-10(9-12)8-11-6-4-3-5-7-11/h3-8H,2,9H2,1H3/b10-8+. The number of hydrogen-bond acceptors (Lipinski definition) is 0. The van der Waals surface area contributed by atoms with Gasteiger partial charge < -0.3 is 0 Å². The third-order valence-corrected chi connectivity index (χ3v) is 2.14. The van der Waals surface area contributed by atoms with Gasteiger partial charge in [-0.05, 0) is 12.0 Å². The van der Waals surface area contributed by atoms with E-state index in [4.69, 9.17) is 11.6 Å². The lowest BCUT2D eigenvalue weighted by Crippen LogP contribution is -1.81. The molecular formula is C11H13Cl. The first-order valence-electron chi connectivity index (χ1n) is 4.17. The van der Waals surface area contributed by atoms with Gasteiger partial charge in [-0.1, -0.05) is 48.9 Å². The fourth-order valence-electron chi connectivity index (χ4n) is 1.02. The molecule has 0 nitrogen and oxygen atoms in total. The first kappa shape index (κ1) is 9.34. The van der Waals surface area contributed by atoms with E-state index in [1.54, 1.807) is 0 Å². The summed E-state index contributed by atoms with van der Waals surface area (Å²) in [6.45, 7) is 2.12. The van der Waals surface area contributed by atoms with Gasteiger partial charge in [-0.15, -0.1) is 11.6 Å². The summed E-state index contributed by atoms with van der Waals surface area (Å²) in [5.74, 6) is 0.630. The van der Waals surface area contributed by atoms with E-state index < -0.39 is 0 Å². The highest BCUT2D eigenvalue weighted by Gasteiger charge is 1.91. The largest absolute Gasteiger partial charge is 0.122 e. The molecule has 0 atom stereocenters. The Morgan fingerprint density at radius 3 is 2.50 bits per heavy atom. The van der Waals surface area contributed by atoms with Crippen molar-refractivity contribution in [2.24, 2.45) is 0 Å². The number of halogens is 1. The molecule has 64 valence electrons. The minimum atomic E-state index is 0.630. The molecule has 0 fully saturated rings. The van der Waals surface area contributed by atoms with Crippen LogP contribution in [0.1, 0.15) is 18.9 Å². The Hall–Kier alpha value is -0.750. The lowest BCUT2D eigenvalue weighted by Gasteiger charge is -1.98. The smallest absolute Gasteiger partial charge is 0.0436 e. The van der Waals surface area contributed by atoms with Gasteiger partial charge in [0.05, 0.1) is 0 Å². The fourth-order valence-corrected chi connectivity index (χ4v) is 1.29. The quantitative estimate of drug-likeness (QED) is 0.622. The van der Waals surface area contributed by atoms with E-state index in [1.165, 1.54) is 11.1 Å². The molecule has 0 radical (unpaired) electrons. The number of alkyl halides is 1. The summed E-state index contributed by atoms with van der Waals surface area (Å²) in [5, 5.41) is 0. The highest BCUT2D eigenvalue weighted by atomic mass is 35.5. The maximum absolute atomic E-state index is 5.75. The van der Waals surface area contributed by atoms with Crippen LogP contribution in [0.4, 0.5) is 0 Å². The second-order valence-corrected chi connectivity index (χ2v) is 2.97. The van der Waals surface area contributed by atoms with E-state index in [0.717, 1.165) is 6.42 Å². The number of allylic oxidation sites excluding steroid dienone is 1. The molecule has 12 heavy (non-hydrogen) atoms. The molecule has 0 aromatic heterocycles. The van der Waals surface area contributed by atoms with E-state index >= 15 is 0 Å². The zero-order valence-electron chi connectivity index (χ0n) is 7.26. The Morgan fingerprint density at radius 2 is 2.00 bits per heavy atom. The Labute approximate surface area is 78.9 Å². The first-order valence-corrected chi connectivity index (χ1v) is 4.70. The SMILES string of the molecule is CC/C(=C\c1ccccc1)CCl. The van der Waals surface area contributed by atoms with Gasteiger partial charge in [0.25, 0.3) is 0 Å². The predicted octanol–water partition coefficient (Wildman–Crippen LogP) is 3.72. The average Bonchev–Trinajstić information content (AvgIpc) is 2.16. The molecule has 0 heterocycles. The fraction of sp³-hybridized carbons (Fsp3) is 0.273. The first-order chi connectivity index (χ1) is 5.86. The molecule has 0 saturated carbocycles. The molecule has 0 N–H and O–H groups in total. The van der Waals surface area contributed by atoms with Crippen LogP contribution in [0.2, 0.25) is 0 Å². The van der Waals surface area contributed by atoms with Gasteiger partial charge in [0.1, 0.15) is 0 Å². The number of hydrogen-bond donors (Lipinski definition) is 0. The second kappa shape index (κ2) is 5.00. The Balaban J connectivity index is 2.79. The maximum Gasteiger partial charge on any atom is 0.0436 e. The Bertz CT molecular complexity index is 243. The summed E-state index contributed by atoms with van der Waals surface area (Å²) >= 11 is 5.75. The highest BCUT2D eigenvalue weighted by molar-refractivity contribution is 6.19. The molecule has 1 aromatic rings.